The van der Waals surface area contributed by atoms with Gasteiger partial charge in [-0.1, -0.05) is 25.5 Å². The van der Waals surface area contributed by atoms with E-state index in [0.29, 0.717) is 0 Å². The lowest BCUT2D eigenvalue weighted by Gasteiger charge is -2.13. The number of anilines is 2. The van der Waals surface area contributed by atoms with Crippen LogP contribution >= 0.6 is 0 Å². The molecular weight excluding hydrogens is 260 g/mol. The molecule has 4 heteroatoms. The van der Waals surface area contributed by atoms with Gasteiger partial charge in [-0.25, -0.2) is 4.98 Å². The summed E-state index contributed by atoms with van der Waals surface area (Å²) < 4.78 is 2.11. The summed E-state index contributed by atoms with van der Waals surface area (Å²) in [4.78, 5) is 6.44. The van der Waals surface area contributed by atoms with Crippen LogP contribution in [0.25, 0.3) is 0 Å². The van der Waals surface area contributed by atoms with Crippen LogP contribution in [0.2, 0.25) is 0 Å². The zero-order chi connectivity index (χ0) is 15.2. The topological polar surface area (TPSA) is 33.1 Å². The van der Waals surface area contributed by atoms with Crippen LogP contribution in [0.5, 0.6) is 0 Å². The quantitative estimate of drug-likeness (QED) is 0.846. The van der Waals surface area contributed by atoms with Gasteiger partial charge in [0.2, 0.25) is 5.95 Å². The molecule has 0 aliphatic carbocycles. The number of hydrogen-bond donors (Lipinski definition) is 1. The molecule has 2 aromatic rings. The van der Waals surface area contributed by atoms with Gasteiger partial charge in [-0.3, -0.25) is 0 Å². The maximum absolute atomic E-state index is 4.42. The average molecular weight is 286 g/mol. The molecule has 0 atom stereocenters. The number of nitrogens with one attached hydrogen (secondary N) is 1. The Morgan fingerprint density at radius 1 is 1.19 bits per heavy atom. The van der Waals surface area contributed by atoms with Gasteiger partial charge in [0.1, 0.15) is 0 Å². The van der Waals surface area contributed by atoms with Crippen molar-refractivity contribution in [2.75, 3.05) is 24.3 Å². The van der Waals surface area contributed by atoms with E-state index in [4.69, 9.17) is 0 Å². The maximum Gasteiger partial charge on any atom is 0.204 e. The fourth-order valence-corrected chi connectivity index (χ4v) is 2.38. The van der Waals surface area contributed by atoms with E-state index in [1.165, 1.54) is 30.5 Å². The van der Waals surface area contributed by atoms with E-state index in [9.17, 15) is 0 Å². The Labute approximate surface area is 127 Å². The SMILES string of the molecule is CCCCc1ccc(NCc2cnc(N(C)C)n2C)cc1. The highest BCUT2D eigenvalue weighted by atomic mass is 15.3. The van der Waals surface area contributed by atoms with Gasteiger partial charge in [0, 0.05) is 26.8 Å². The van der Waals surface area contributed by atoms with Crippen molar-refractivity contribution in [1.82, 2.24) is 9.55 Å². The summed E-state index contributed by atoms with van der Waals surface area (Å²) in [5.41, 5.74) is 3.74. The normalized spacial score (nSPS) is 10.7. The Kier molecular flexibility index (Phi) is 5.26. The number of unbranched alkanes of at least 4 members (excludes halogenated alkanes) is 1. The van der Waals surface area contributed by atoms with Crippen LogP contribution < -0.4 is 10.2 Å². The number of imidazole rings is 1. The van der Waals surface area contributed by atoms with Crippen molar-refractivity contribution in [3.63, 3.8) is 0 Å². The van der Waals surface area contributed by atoms with Crippen LogP contribution in [0, 0.1) is 0 Å². The van der Waals surface area contributed by atoms with Gasteiger partial charge in [0.15, 0.2) is 0 Å². The van der Waals surface area contributed by atoms with Gasteiger partial charge in [-0.2, -0.15) is 0 Å². The molecule has 21 heavy (non-hydrogen) atoms. The molecule has 0 saturated carbocycles. The molecule has 114 valence electrons. The molecule has 0 unspecified atom stereocenters. The van der Waals surface area contributed by atoms with Crippen molar-refractivity contribution in [1.29, 1.82) is 0 Å². The minimum Gasteiger partial charge on any atom is -0.379 e. The molecule has 0 saturated heterocycles. The predicted molar refractivity (Wildman–Crippen MR) is 89.9 cm³/mol. The summed E-state index contributed by atoms with van der Waals surface area (Å²) in [6.45, 7) is 3.01. The maximum atomic E-state index is 4.42. The van der Waals surface area contributed by atoms with E-state index >= 15 is 0 Å². The third kappa shape index (κ3) is 4.00. The first-order valence-electron chi connectivity index (χ1n) is 7.62. The van der Waals surface area contributed by atoms with Gasteiger partial charge in [0.05, 0.1) is 18.4 Å². The molecule has 0 amide bonds. The highest BCUT2D eigenvalue weighted by Gasteiger charge is 2.07. The Morgan fingerprint density at radius 3 is 2.48 bits per heavy atom. The van der Waals surface area contributed by atoms with Crippen LogP contribution in [-0.4, -0.2) is 23.6 Å². The fourth-order valence-electron chi connectivity index (χ4n) is 2.38. The highest BCUT2D eigenvalue weighted by Crippen LogP contribution is 2.15. The second-order valence-electron chi connectivity index (χ2n) is 5.66. The van der Waals surface area contributed by atoms with E-state index < -0.39 is 0 Å². The van der Waals surface area contributed by atoms with Crippen LogP contribution in [0.15, 0.2) is 30.5 Å². The first-order chi connectivity index (χ1) is 10.1. The molecule has 0 aliphatic heterocycles. The Hall–Kier alpha value is -1.97. The molecule has 1 aromatic carbocycles. The number of aromatic nitrogens is 2. The summed E-state index contributed by atoms with van der Waals surface area (Å²) in [6.07, 6.45) is 5.60. The Morgan fingerprint density at radius 2 is 1.90 bits per heavy atom. The minimum absolute atomic E-state index is 0.783. The molecule has 0 fully saturated rings. The first-order valence-corrected chi connectivity index (χ1v) is 7.62. The van der Waals surface area contributed by atoms with Gasteiger partial charge < -0.3 is 14.8 Å². The molecule has 0 aliphatic rings. The van der Waals surface area contributed by atoms with Crippen LogP contribution in [-0.2, 0) is 20.0 Å². The van der Waals surface area contributed by atoms with E-state index in [1.54, 1.807) is 0 Å². The zero-order valence-electron chi connectivity index (χ0n) is 13.6. The van der Waals surface area contributed by atoms with Crippen molar-refractivity contribution < 1.29 is 0 Å². The van der Waals surface area contributed by atoms with E-state index in [1.807, 2.05) is 32.2 Å². The molecule has 2 rings (SSSR count). The standard InChI is InChI=1S/C17H26N4/c1-5-6-7-14-8-10-15(11-9-14)18-12-16-13-19-17(20(2)3)21(16)4/h8-11,13,18H,5-7,12H2,1-4H3. The van der Waals surface area contributed by atoms with Crippen LogP contribution in [0.1, 0.15) is 31.0 Å². The number of rotatable bonds is 7. The zero-order valence-corrected chi connectivity index (χ0v) is 13.6. The summed E-state index contributed by atoms with van der Waals surface area (Å²) in [6, 6.07) is 8.75. The van der Waals surface area contributed by atoms with Crippen LogP contribution in [0.4, 0.5) is 11.6 Å². The van der Waals surface area contributed by atoms with Gasteiger partial charge in [0.25, 0.3) is 0 Å². The average Bonchev–Trinajstić information content (AvgIpc) is 2.85. The lowest BCUT2D eigenvalue weighted by molar-refractivity contribution is 0.795. The van der Waals surface area contributed by atoms with Gasteiger partial charge in [-0.05, 0) is 30.5 Å². The molecule has 4 nitrogen and oxygen atoms in total. The molecule has 0 spiro atoms. The smallest absolute Gasteiger partial charge is 0.204 e. The molecule has 1 heterocycles. The summed E-state index contributed by atoms with van der Waals surface area (Å²) in [5.74, 6) is 0.974. The molecular formula is C17H26N4. The lowest BCUT2D eigenvalue weighted by atomic mass is 10.1. The molecule has 0 radical (unpaired) electrons. The third-order valence-corrected chi connectivity index (χ3v) is 3.71. The molecule has 1 N–H and O–H groups in total. The lowest BCUT2D eigenvalue weighted by Crippen LogP contribution is -2.15. The predicted octanol–water partition coefficient (Wildman–Crippen LogP) is 3.44. The monoisotopic (exact) mass is 286 g/mol. The highest BCUT2D eigenvalue weighted by molar-refractivity contribution is 5.45. The Bertz CT molecular complexity index is 555. The van der Waals surface area contributed by atoms with Crippen molar-refractivity contribution >= 4 is 11.6 Å². The number of benzene rings is 1. The number of nitrogens with zero attached hydrogens (tertiary/aromatic N) is 3. The van der Waals surface area contributed by atoms with Crippen LogP contribution in [0.3, 0.4) is 0 Å². The minimum atomic E-state index is 0.783. The van der Waals surface area contributed by atoms with Crippen molar-refractivity contribution in [3.05, 3.63) is 41.7 Å². The number of hydrogen-bond acceptors (Lipinski definition) is 3. The Balaban J connectivity index is 1.94. The molecule has 1 aromatic heterocycles. The number of aryl methyl sites for hydroxylation is 1. The fraction of sp³-hybridized carbons (Fsp3) is 0.471. The summed E-state index contributed by atoms with van der Waals surface area (Å²) in [5, 5.41) is 3.46. The largest absolute Gasteiger partial charge is 0.379 e. The van der Waals surface area contributed by atoms with Crippen molar-refractivity contribution in [3.8, 4) is 0 Å². The van der Waals surface area contributed by atoms with Gasteiger partial charge in [-0.15, -0.1) is 0 Å². The van der Waals surface area contributed by atoms with Crippen molar-refractivity contribution in [2.45, 2.75) is 32.7 Å². The van der Waals surface area contributed by atoms with E-state index in [2.05, 4.69) is 46.1 Å². The third-order valence-electron chi connectivity index (χ3n) is 3.71. The first kappa shape index (κ1) is 15.4. The summed E-state index contributed by atoms with van der Waals surface area (Å²) >= 11 is 0. The van der Waals surface area contributed by atoms with Gasteiger partial charge >= 0.3 is 0 Å². The second kappa shape index (κ2) is 7.16. The second-order valence-corrected chi connectivity index (χ2v) is 5.66. The molecule has 0 bridgehead atoms. The van der Waals surface area contributed by atoms with E-state index in [0.717, 1.165) is 18.2 Å². The van der Waals surface area contributed by atoms with E-state index in [-0.39, 0.29) is 0 Å². The summed E-state index contributed by atoms with van der Waals surface area (Å²) in [7, 11) is 6.07. The van der Waals surface area contributed by atoms with Crippen molar-refractivity contribution in [2.24, 2.45) is 7.05 Å².